The molecule has 0 radical (unpaired) electrons. The molecule has 1 aliphatic rings. The van der Waals surface area contributed by atoms with Crippen LogP contribution >= 0.6 is 0 Å². The number of alkyl halides is 3. The summed E-state index contributed by atoms with van der Waals surface area (Å²) in [6.45, 7) is 7.42. The summed E-state index contributed by atoms with van der Waals surface area (Å²) < 4.78 is 39.4. The highest BCUT2D eigenvalue weighted by Gasteiger charge is 2.39. The number of halogens is 3. The van der Waals surface area contributed by atoms with Gasteiger partial charge >= 0.3 is 6.18 Å². The van der Waals surface area contributed by atoms with Crippen molar-refractivity contribution in [3.05, 3.63) is 11.6 Å². The fourth-order valence-electron chi connectivity index (χ4n) is 2.68. The van der Waals surface area contributed by atoms with Crippen molar-refractivity contribution in [1.82, 2.24) is 25.0 Å². The lowest BCUT2D eigenvalue weighted by molar-refractivity contribution is -0.148. The van der Waals surface area contributed by atoms with Crippen LogP contribution in [0.5, 0.6) is 0 Å². The van der Waals surface area contributed by atoms with Gasteiger partial charge in [-0.15, -0.1) is 10.2 Å². The first kappa shape index (κ1) is 16.2. The SMILES string of the molecule is CCNC(C)CCCN1CCn2c(nnc2C(F)(F)F)C1. The van der Waals surface area contributed by atoms with Crippen LogP contribution in [0.4, 0.5) is 13.2 Å². The molecule has 0 fully saturated rings. The maximum Gasteiger partial charge on any atom is 0.451 e. The van der Waals surface area contributed by atoms with Gasteiger partial charge in [-0.05, 0) is 32.9 Å². The first-order valence-corrected chi connectivity index (χ1v) is 7.36. The van der Waals surface area contributed by atoms with Crippen LogP contribution in [0.3, 0.4) is 0 Å². The van der Waals surface area contributed by atoms with E-state index in [1.165, 1.54) is 4.57 Å². The molecule has 0 saturated heterocycles. The van der Waals surface area contributed by atoms with Crippen LogP contribution in [0.25, 0.3) is 0 Å². The van der Waals surface area contributed by atoms with Crippen molar-refractivity contribution in [2.75, 3.05) is 19.6 Å². The Balaban J connectivity index is 1.85. The van der Waals surface area contributed by atoms with Crippen molar-refractivity contribution in [2.45, 2.75) is 52.0 Å². The summed E-state index contributed by atoms with van der Waals surface area (Å²) in [5.74, 6) is -0.466. The van der Waals surface area contributed by atoms with Crippen molar-refractivity contribution in [2.24, 2.45) is 0 Å². The van der Waals surface area contributed by atoms with Gasteiger partial charge in [0.2, 0.25) is 5.82 Å². The van der Waals surface area contributed by atoms with Gasteiger partial charge in [0.05, 0.1) is 6.54 Å². The van der Waals surface area contributed by atoms with Crippen molar-refractivity contribution >= 4 is 0 Å². The molecule has 1 aromatic heterocycles. The van der Waals surface area contributed by atoms with Gasteiger partial charge in [-0.3, -0.25) is 4.90 Å². The molecule has 0 aromatic carbocycles. The number of nitrogens with zero attached hydrogens (tertiary/aromatic N) is 4. The molecule has 1 aliphatic heterocycles. The van der Waals surface area contributed by atoms with E-state index in [9.17, 15) is 13.2 Å². The summed E-state index contributed by atoms with van der Waals surface area (Å²) in [5.41, 5.74) is 0. The first-order chi connectivity index (χ1) is 9.91. The smallest absolute Gasteiger partial charge is 0.315 e. The van der Waals surface area contributed by atoms with Gasteiger partial charge in [0, 0.05) is 19.1 Å². The van der Waals surface area contributed by atoms with E-state index >= 15 is 0 Å². The minimum atomic E-state index is -4.42. The fourth-order valence-corrected chi connectivity index (χ4v) is 2.68. The van der Waals surface area contributed by atoms with Gasteiger partial charge in [-0.2, -0.15) is 13.2 Å². The Morgan fingerprint density at radius 2 is 2.05 bits per heavy atom. The Bertz CT molecular complexity index is 457. The summed E-state index contributed by atoms with van der Waals surface area (Å²) in [7, 11) is 0. The van der Waals surface area contributed by atoms with Crippen molar-refractivity contribution < 1.29 is 13.2 Å². The van der Waals surface area contributed by atoms with E-state index in [0.29, 0.717) is 31.5 Å². The molecule has 0 aliphatic carbocycles. The lowest BCUT2D eigenvalue weighted by Crippen LogP contribution is -2.36. The summed E-state index contributed by atoms with van der Waals surface area (Å²) in [4.78, 5) is 2.14. The van der Waals surface area contributed by atoms with Crippen LogP contribution in [-0.2, 0) is 19.3 Å². The summed E-state index contributed by atoms with van der Waals surface area (Å²) >= 11 is 0. The number of nitrogens with one attached hydrogen (secondary N) is 1. The highest BCUT2D eigenvalue weighted by molar-refractivity contribution is 5.02. The largest absolute Gasteiger partial charge is 0.451 e. The van der Waals surface area contributed by atoms with Crippen LogP contribution < -0.4 is 5.32 Å². The molecule has 1 aromatic rings. The van der Waals surface area contributed by atoms with Gasteiger partial charge < -0.3 is 9.88 Å². The van der Waals surface area contributed by atoms with Crippen molar-refractivity contribution in [1.29, 1.82) is 0 Å². The third-order valence-electron chi connectivity index (χ3n) is 3.75. The van der Waals surface area contributed by atoms with Gasteiger partial charge in [-0.1, -0.05) is 6.92 Å². The highest BCUT2D eigenvalue weighted by atomic mass is 19.4. The van der Waals surface area contributed by atoms with Crippen LogP contribution in [0.15, 0.2) is 0 Å². The van der Waals surface area contributed by atoms with Gasteiger partial charge in [0.25, 0.3) is 0 Å². The number of hydrogen-bond acceptors (Lipinski definition) is 4. The topological polar surface area (TPSA) is 46.0 Å². The minimum absolute atomic E-state index is 0.305. The van der Waals surface area contributed by atoms with Crippen LogP contribution in [0.1, 0.15) is 38.3 Å². The van der Waals surface area contributed by atoms with Crippen molar-refractivity contribution in [3.8, 4) is 0 Å². The van der Waals surface area contributed by atoms with Crippen LogP contribution in [-0.4, -0.2) is 45.3 Å². The summed E-state index contributed by atoms with van der Waals surface area (Å²) in [5, 5.41) is 10.3. The Labute approximate surface area is 122 Å². The number of aromatic nitrogens is 3. The zero-order valence-corrected chi connectivity index (χ0v) is 12.4. The molecule has 2 rings (SSSR count). The van der Waals surface area contributed by atoms with E-state index in [1.54, 1.807) is 0 Å². The van der Waals surface area contributed by atoms with Crippen LogP contribution in [0, 0.1) is 0 Å². The normalized spacial score (nSPS) is 17.8. The third kappa shape index (κ3) is 4.16. The van der Waals surface area contributed by atoms with E-state index in [-0.39, 0.29) is 0 Å². The molecule has 21 heavy (non-hydrogen) atoms. The lowest BCUT2D eigenvalue weighted by atomic mass is 10.1. The third-order valence-corrected chi connectivity index (χ3v) is 3.75. The molecular formula is C13H22F3N5. The molecule has 0 amide bonds. The maximum atomic E-state index is 12.7. The molecule has 5 nitrogen and oxygen atoms in total. The van der Waals surface area contributed by atoms with Gasteiger partial charge in [0.15, 0.2) is 0 Å². The lowest BCUT2D eigenvalue weighted by Gasteiger charge is -2.28. The molecule has 0 spiro atoms. The molecule has 1 unspecified atom stereocenters. The molecule has 2 heterocycles. The summed E-state index contributed by atoms with van der Waals surface area (Å²) in [6.07, 6.45) is -2.34. The molecule has 8 heteroatoms. The average Bonchev–Trinajstić information content (AvgIpc) is 2.82. The second-order valence-corrected chi connectivity index (χ2v) is 5.47. The second kappa shape index (κ2) is 6.74. The molecule has 1 atom stereocenters. The number of fused-ring (bicyclic) bond motifs is 1. The Kier molecular flexibility index (Phi) is 5.21. The van der Waals surface area contributed by atoms with Gasteiger partial charge in [-0.25, -0.2) is 0 Å². The Morgan fingerprint density at radius 3 is 2.71 bits per heavy atom. The average molecular weight is 305 g/mol. The molecule has 0 bridgehead atoms. The zero-order chi connectivity index (χ0) is 15.5. The molecular weight excluding hydrogens is 283 g/mol. The Hall–Kier alpha value is -1.15. The van der Waals surface area contributed by atoms with E-state index in [4.69, 9.17) is 0 Å². The highest BCUT2D eigenvalue weighted by Crippen LogP contribution is 2.29. The summed E-state index contributed by atoms with van der Waals surface area (Å²) in [6, 6.07) is 0.472. The Morgan fingerprint density at radius 1 is 1.29 bits per heavy atom. The quantitative estimate of drug-likeness (QED) is 0.872. The predicted molar refractivity (Wildman–Crippen MR) is 72.7 cm³/mol. The molecule has 0 saturated carbocycles. The van der Waals surface area contributed by atoms with Crippen molar-refractivity contribution in [3.63, 3.8) is 0 Å². The predicted octanol–water partition coefficient (Wildman–Crippen LogP) is 1.89. The zero-order valence-electron chi connectivity index (χ0n) is 12.4. The maximum absolute atomic E-state index is 12.7. The minimum Gasteiger partial charge on any atom is -0.315 e. The monoisotopic (exact) mass is 305 g/mol. The number of hydrogen-bond donors (Lipinski definition) is 1. The fraction of sp³-hybridized carbons (Fsp3) is 0.846. The number of rotatable bonds is 6. The van der Waals surface area contributed by atoms with E-state index in [1.807, 2.05) is 0 Å². The van der Waals surface area contributed by atoms with E-state index in [0.717, 1.165) is 25.9 Å². The van der Waals surface area contributed by atoms with Gasteiger partial charge in [0.1, 0.15) is 5.82 Å². The second-order valence-electron chi connectivity index (χ2n) is 5.47. The van der Waals surface area contributed by atoms with E-state index < -0.39 is 12.0 Å². The standard InChI is InChI=1S/C13H22F3N5/c1-3-17-10(2)5-4-6-20-7-8-21-11(9-20)18-19-12(21)13(14,15)16/h10,17H,3-9H2,1-2H3. The molecule has 120 valence electrons. The molecule has 1 N–H and O–H groups in total. The van der Waals surface area contributed by atoms with E-state index in [2.05, 4.69) is 34.3 Å². The van der Waals surface area contributed by atoms with Crippen LogP contribution in [0.2, 0.25) is 0 Å². The first-order valence-electron chi connectivity index (χ1n) is 7.36.